The average molecular weight is 419 g/mol. The Morgan fingerprint density at radius 3 is 2.17 bits per heavy atom. The van der Waals surface area contributed by atoms with E-state index in [4.69, 9.17) is 0 Å². The number of sulfonamides is 1. The SMILES string of the molecule is Cc1ccc(S(=O)(=O)N2CC[C@H]3CN(c4ccccc4)C[C@]32c2ccccc2)cc1. The fraction of sp³-hybridized carbons (Fsp3) is 0.280. The van der Waals surface area contributed by atoms with Crippen LogP contribution < -0.4 is 4.90 Å². The maximum absolute atomic E-state index is 13.8. The molecular weight excluding hydrogens is 392 g/mol. The summed E-state index contributed by atoms with van der Waals surface area (Å²) in [5, 5.41) is 0. The van der Waals surface area contributed by atoms with Crippen molar-refractivity contribution in [2.45, 2.75) is 23.8 Å². The van der Waals surface area contributed by atoms with Gasteiger partial charge in [0.05, 0.1) is 10.4 Å². The maximum atomic E-state index is 13.8. The molecule has 5 heteroatoms. The highest BCUT2D eigenvalue weighted by Gasteiger charge is 2.59. The van der Waals surface area contributed by atoms with Crippen LogP contribution in [0.25, 0.3) is 0 Å². The second kappa shape index (κ2) is 7.25. The molecule has 2 heterocycles. The van der Waals surface area contributed by atoms with Crippen molar-refractivity contribution in [2.24, 2.45) is 5.92 Å². The van der Waals surface area contributed by atoms with Crippen molar-refractivity contribution in [3.8, 4) is 0 Å². The molecule has 0 bridgehead atoms. The van der Waals surface area contributed by atoms with Gasteiger partial charge in [-0.3, -0.25) is 0 Å². The Morgan fingerprint density at radius 2 is 1.50 bits per heavy atom. The predicted molar refractivity (Wildman–Crippen MR) is 120 cm³/mol. The van der Waals surface area contributed by atoms with Crippen LogP contribution in [-0.2, 0) is 15.6 Å². The topological polar surface area (TPSA) is 40.6 Å². The number of para-hydroxylation sites is 1. The minimum atomic E-state index is -3.62. The molecule has 0 aromatic heterocycles. The summed E-state index contributed by atoms with van der Waals surface area (Å²) < 4.78 is 29.4. The Labute approximate surface area is 178 Å². The third-order valence-electron chi connectivity index (χ3n) is 6.68. The summed E-state index contributed by atoms with van der Waals surface area (Å²) >= 11 is 0. The second-order valence-corrected chi connectivity index (χ2v) is 10.2. The van der Waals surface area contributed by atoms with Crippen molar-refractivity contribution in [1.82, 2.24) is 4.31 Å². The first kappa shape index (κ1) is 19.3. The normalized spacial score (nSPS) is 24.2. The number of benzene rings is 3. The molecule has 0 N–H and O–H groups in total. The Morgan fingerprint density at radius 1 is 0.867 bits per heavy atom. The van der Waals surface area contributed by atoms with E-state index in [1.165, 1.54) is 0 Å². The minimum absolute atomic E-state index is 0.250. The van der Waals surface area contributed by atoms with E-state index >= 15 is 0 Å². The van der Waals surface area contributed by atoms with Crippen molar-refractivity contribution < 1.29 is 8.42 Å². The van der Waals surface area contributed by atoms with Crippen molar-refractivity contribution >= 4 is 15.7 Å². The van der Waals surface area contributed by atoms with Crippen LogP contribution in [0.4, 0.5) is 5.69 Å². The summed E-state index contributed by atoms with van der Waals surface area (Å²) in [5.41, 5.74) is 2.74. The predicted octanol–water partition coefficient (Wildman–Crippen LogP) is 4.42. The summed E-state index contributed by atoms with van der Waals surface area (Å²) in [6, 6.07) is 27.7. The molecule has 30 heavy (non-hydrogen) atoms. The highest BCUT2D eigenvalue weighted by atomic mass is 32.2. The van der Waals surface area contributed by atoms with Gasteiger partial charge < -0.3 is 4.90 Å². The number of fused-ring (bicyclic) bond motifs is 1. The van der Waals surface area contributed by atoms with Crippen LogP contribution in [0.15, 0.2) is 89.8 Å². The largest absolute Gasteiger partial charge is 0.369 e. The Bertz CT molecular complexity index is 1130. The van der Waals surface area contributed by atoms with E-state index in [0.29, 0.717) is 18.0 Å². The first-order chi connectivity index (χ1) is 14.5. The molecule has 3 aromatic carbocycles. The molecule has 0 unspecified atom stereocenters. The van der Waals surface area contributed by atoms with Crippen LogP contribution in [0.1, 0.15) is 17.5 Å². The number of anilines is 1. The first-order valence-electron chi connectivity index (χ1n) is 10.5. The highest BCUT2D eigenvalue weighted by molar-refractivity contribution is 7.89. The Balaban J connectivity index is 1.62. The van der Waals surface area contributed by atoms with Crippen molar-refractivity contribution in [3.63, 3.8) is 0 Å². The van der Waals surface area contributed by atoms with Crippen LogP contribution in [0.5, 0.6) is 0 Å². The van der Waals surface area contributed by atoms with Gasteiger partial charge in [-0.25, -0.2) is 8.42 Å². The lowest BCUT2D eigenvalue weighted by molar-refractivity contribution is 0.234. The molecule has 154 valence electrons. The molecule has 2 aliphatic rings. The van der Waals surface area contributed by atoms with Gasteiger partial charge in [-0.1, -0.05) is 66.2 Å². The number of aryl methyl sites for hydroxylation is 1. The number of nitrogens with zero attached hydrogens (tertiary/aromatic N) is 2. The monoisotopic (exact) mass is 418 g/mol. The lowest BCUT2D eigenvalue weighted by Crippen LogP contribution is -2.49. The summed E-state index contributed by atoms with van der Waals surface area (Å²) in [4.78, 5) is 2.72. The van der Waals surface area contributed by atoms with E-state index in [1.54, 1.807) is 16.4 Å². The van der Waals surface area contributed by atoms with Gasteiger partial charge in [-0.2, -0.15) is 4.31 Å². The van der Waals surface area contributed by atoms with E-state index in [0.717, 1.165) is 29.8 Å². The quantitative estimate of drug-likeness (QED) is 0.630. The van der Waals surface area contributed by atoms with Gasteiger partial charge >= 0.3 is 0 Å². The molecule has 0 saturated carbocycles. The van der Waals surface area contributed by atoms with E-state index in [2.05, 4.69) is 29.2 Å². The minimum Gasteiger partial charge on any atom is -0.369 e. The third kappa shape index (κ3) is 2.96. The fourth-order valence-electron chi connectivity index (χ4n) is 5.19. The zero-order valence-electron chi connectivity index (χ0n) is 17.1. The van der Waals surface area contributed by atoms with Gasteiger partial charge in [0.2, 0.25) is 10.0 Å². The molecule has 5 rings (SSSR count). The molecule has 4 nitrogen and oxygen atoms in total. The third-order valence-corrected chi connectivity index (χ3v) is 8.63. The molecule has 2 saturated heterocycles. The van der Waals surface area contributed by atoms with Crippen LogP contribution in [0.3, 0.4) is 0 Å². The van der Waals surface area contributed by atoms with Gasteiger partial charge in [0, 0.05) is 31.2 Å². The summed E-state index contributed by atoms with van der Waals surface area (Å²) in [7, 11) is -3.62. The van der Waals surface area contributed by atoms with Crippen molar-refractivity contribution in [3.05, 3.63) is 96.1 Å². The first-order valence-corrected chi connectivity index (χ1v) is 11.9. The van der Waals surface area contributed by atoms with Gasteiger partial charge in [0.15, 0.2) is 0 Å². The summed E-state index contributed by atoms with van der Waals surface area (Å²) in [6.45, 7) is 4.05. The van der Waals surface area contributed by atoms with Gasteiger partial charge in [0.25, 0.3) is 0 Å². The molecule has 0 amide bonds. The summed E-state index contributed by atoms with van der Waals surface area (Å²) in [6.07, 6.45) is 0.864. The lowest BCUT2D eigenvalue weighted by Gasteiger charge is -2.38. The number of rotatable bonds is 4. The molecule has 2 aliphatic heterocycles. The average Bonchev–Trinajstić information content (AvgIpc) is 3.32. The molecule has 0 spiro atoms. The molecule has 2 atom stereocenters. The molecule has 0 aliphatic carbocycles. The zero-order chi connectivity index (χ0) is 20.8. The van der Waals surface area contributed by atoms with E-state index in [-0.39, 0.29) is 5.92 Å². The summed E-state index contributed by atoms with van der Waals surface area (Å²) in [5.74, 6) is 0.250. The van der Waals surface area contributed by atoms with E-state index in [1.807, 2.05) is 55.5 Å². The second-order valence-electron chi connectivity index (χ2n) is 8.38. The fourth-order valence-corrected chi connectivity index (χ4v) is 7.01. The Kier molecular flexibility index (Phi) is 4.68. The van der Waals surface area contributed by atoms with Crippen molar-refractivity contribution in [2.75, 3.05) is 24.5 Å². The number of hydrogen-bond donors (Lipinski definition) is 0. The molecular formula is C25H26N2O2S. The molecule has 0 radical (unpaired) electrons. The van der Waals surface area contributed by atoms with Crippen LogP contribution in [-0.4, -0.2) is 32.4 Å². The molecule has 3 aromatic rings. The van der Waals surface area contributed by atoms with Crippen LogP contribution >= 0.6 is 0 Å². The van der Waals surface area contributed by atoms with Crippen LogP contribution in [0.2, 0.25) is 0 Å². The van der Waals surface area contributed by atoms with Gasteiger partial charge in [-0.05, 0) is 43.2 Å². The molecule has 2 fully saturated rings. The Hall–Kier alpha value is -2.63. The van der Waals surface area contributed by atoms with Gasteiger partial charge in [-0.15, -0.1) is 0 Å². The smallest absolute Gasteiger partial charge is 0.243 e. The highest BCUT2D eigenvalue weighted by Crippen LogP contribution is 2.51. The standard InChI is InChI=1S/C25H26N2O2S/c1-20-12-14-24(15-13-20)30(28,29)27-17-16-22-18-26(23-10-6-3-7-11-23)19-25(22,27)21-8-4-2-5-9-21/h2-15,22H,16-19H2,1H3/t22-,25-/m0/s1. The number of hydrogen-bond acceptors (Lipinski definition) is 3. The van der Waals surface area contributed by atoms with Gasteiger partial charge in [0.1, 0.15) is 0 Å². The van der Waals surface area contributed by atoms with Crippen LogP contribution in [0, 0.1) is 12.8 Å². The van der Waals surface area contributed by atoms with E-state index < -0.39 is 15.6 Å². The zero-order valence-corrected chi connectivity index (χ0v) is 17.9. The maximum Gasteiger partial charge on any atom is 0.243 e. The van der Waals surface area contributed by atoms with Crippen molar-refractivity contribution in [1.29, 1.82) is 0 Å². The van der Waals surface area contributed by atoms with E-state index in [9.17, 15) is 8.42 Å². The lowest BCUT2D eigenvalue weighted by atomic mass is 9.82.